The normalized spacial score (nSPS) is 14.0. The maximum absolute atomic E-state index is 12.0. The SMILES string of the molecule is COC(=O)[C@@H](NC(=O)OCc1ccccc1)[C@@H](C)OC(=O)[C@@H](O)CC(C)C. The van der Waals surface area contributed by atoms with Crippen molar-refractivity contribution in [1.29, 1.82) is 0 Å². The van der Waals surface area contributed by atoms with Crippen LogP contribution in [0, 0.1) is 5.92 Å². The lowest BCUT2D eigenvalue weighted by atomic mass is 10.1. The first-order valence-corrected chi connectivity index (χ1v) is 8.68. The van der Waals surface area contributed by atoms with E-state index in [2.05, 4.69) is 10.1 Å². The zero-order valence-corrected chi connectivity index (χ0v) is 16.0. The molecule has 0 unspecified atom stereocenters. The van der Waals surface area contributed by atoms with Gasteiger partial charge in [0.2, 0.25) is 0 Å². The van der Waals surface area contributed by atoms with Gasteiger partial charge in [-0.1, -0.05) is 44.2 Å². The van der Waals surface area contributed by atoms with Crippen LogP contribution in [-0.4, -0.2) is 48.5 Å². The third-order valence-electron chi connectivity index (χ3n) is 3.68. The Balaban J connectivity index is 2.64. The van der Waals surface area contributed by atoms with Crippen molar-refractivity contribution in [3.8, 4) is 0 Å². The van der Waals surface area contributed by atoms with Crippen LogP contribution in [0.5, 0.6) is 0 Å². The Bertz CT molecular complexity index is 618. The van der Waals surface area contributed by atoms with Crippen molar-refractivity contribution in [1.82, 2.24) is 5.32 Å². The van der Waals surface area contributed by atoms with E-state index in [9.17, 15) is 19.5 Å². The Hall–Kier alpha value is -2.61. The van der Waals surface area contributed by atoms with Crippen LogP contribution in [0.25, 0.3) is 0 Å². The van der Waals surface area contributed by atoms with Crippen LogP contribution in [0.3, 0.4) is 0 Å². The summed E-state index contributed by atoms with van der Waals surface area (Å²) in [4.78, 5) is 35.9. The minimum absolute atomic E-state index is 0.0157. The topological polar surface area (TPSA) is 111 Å². The number of aliphatic hydroxyl groups is 1. The summed E-state index contributed by atoms with van der Waals surface area (Å²) in [5, 5.41) is 12.1. The number of ether oxygens (including phenoxy) is 3. The molecule has 3 atom stereocenters. The standard InChI is InChI=1S/C19H27NO7/c1-12(2)10-15(21)17(22)27-13(3)16(18(23)25-4)20-19(24)26-11-14-8-6-5-7-9-14/h5-9,12-13,15-16,21H,10-11H2,1-4H3,(H,20,24)/t13-,15+,16+/m1/s1. The number of methoxy groups -OCH3 is 1. The van der Waals surface area contributed by atoms with Gasteiger partial charge in [-0.15, -0.1) is 0 Å². The first-order chi connectivity index (χ1) is 12.7. The molecule has 0 aliphatic rings. The summed E-state index contributed by atoms with van der Waals surface area (Å²) >= 11 is 0. The molecule has 1 aromatic rings. The summed E-state index contributed by atoms with van der Waals surface area (Å²) in [7, 11) is 1.15. The van der Waals surface area contributed by atoms with Crippen molar-refractivity contribution in [2.45, 2.75) is 52.0 Å². The Morgan fingerprint density at radius 3 is 2.26 bits per heavy atom. The third kappa shape index (κ3) is 8.08. The van der Waals surface area contributed by atoms with Gasteiger partial charge in [0.05, 0.1) is 7.11 Å². The van der Waals surface area contributed by atoms with E-state index in [-0.39, 0.29) is 18.9 Å². The number of alkyl carbamates (subject to hydrolysis) is 1. The van der Waals surface area contributed by atoms with Crippen molar-refractivity contribution in [2.75, 3.05) is 7.11 Å². The fourth-order valence-electron chi connectivity index (χ4n) is 2.26. The van der Waals surface area contributed by atoms with Crippen molar-refractivity contribution >= 4 is 18.0 Å². The molecule has 150 valence electrons. The van der Waals surface area contributed by atoms with Gasteiger partial charge in [0.25, 0.3) is 0 Å². The number of hydrogen-bond acceptors (Lipinski definition) is 7. The minimum atomic E-state index is -1.31. The molecule has 0 aromatic heterocycles. The fraction of sp³-hybridized carbons (Fsp3) is 0.526. The summed E-state index contributed by atoms with van der Waals surface area (Å²) in [5.74, 6) is -1.58. The average Bonchev–Trinajstić information content (AvgIpc) is 2.63. The number of carbonyl (C=O) groups excluding carboxylic acids is 3. The van der Waals surface area contributed by atoms with Crippen LogP contribution >= 0.6 is 0 Å². The molecule has 1 rings (SSSR count). The van der Waals surface area contributed by atoms with Gasteiger partial charge in [-0.2, -0.15) is 0 Å². The number of carbonyl (C=O) groups is 3. The predicted octanol–water partition coefficient (Wildman–Crippen LogP) is 1.79. The Morgan fingerprint density at radius 1 is 1.07 bits per heavy atom. The highest BCUT2D eigenvalue weighted by Crippen LogP contribution is 2.10. The van der Waals surface area contributed by atoms with Gasteiger partial charge < -0.3 is 24.6 Å². The highest BCUT2D eigenvalue weighted by Gasteiger charge is 2.32. The molecule has 0 aliphatic carbocycles. The molecule has 0 bridgehead atoms. The molecule has 0 radical (unpaired) electrons. The Labute approximate surface area is 158 Å². The van der Waals surface area contributed by atoms with Crippen LogP contribution in [-0.2, 0) is 30.4 Å². The lowest BCUT2D eigenvalue weighted by Gasteiger charge is -2.24. The summed E-state index contributed by atoms with van der Waals surface area (Å²) in [6.45, 7) is 5.13. The van der Waals surface area contributed by atoms with Crippen molar-refractivity contribution in [3.63, 3.8) is 0 Å². The molecule has 0 heterocycles. The molecule has 2 N–H and O–H groups in total. The highest BCUT2D eigenvalue weighted by atomic mass is 16.6. The van der Waals surface area contributed by atoms with Gasteiger partial charge in [0, 0.05) is 0 Å². The van der Waals surface area contributed by atoms with Crippen LogP contribution in [0.2, 0.25) is 0 Å². The Morgan fingerprint density at radius 2 is 1.70 bits per heavy atom. The molecule has 0 saturated carbocycles. The van der Waals surface area contributed by atoms with E-state index in [0.717, 1.165) is 12.7 Å². The molecule has 0 fully saturated rings. The highest BCUT2D eigenvalue weighted by molar-refractivity contribution is 5.82. The molecule has 1 aromatic carbocycles. The lowest BCUT2D eigenvalue weighted by Crippen LogP contribution is -2.50. The van der Waals surface area contributed by atoms with E-state index in [4.69, 9.17) is 9.47 Å². The van der Waals surface area contributed by atoms with Crippen molar-refractivity contribution < 1.29 is 33.7 Å². The van der Waals surface area contributed by atoms with Crippen LogP contribution in [0.15, 0.2) is 30.3 Å². The van der Waals surface area contributed by atoms with Gasteiger partial charge in [0.15, 0.2) is 12.1 Å². The number of aliphatic hydroxyl groups excluding tert-OH is 1. The molecule has 0 aliphatic heterocycles. The number of benzene rings is 1. The zero-order valence-electron chi connectivity index (χ0n) is 16.0. The van der Waals surface area contributed by atoms with Gasteiger partial charge >= 0.3 is 18.0 Å². The van der Waals surface area contributed by atoms with E-state index in [0.29, 0.717) is 0 Å². The van der Waals surface area contributed by atoms with Gasteiger partial charge in [0.1, 0.15) is 12.7 Å². The van der Waals surface area contributed by atoms with Crippen LogP contribution in [0.4, 0.5) is 4.79 Å². The summed E-state index contributed by atoms with van der Waals surface area (Å²) < 4.78 is 14.8. The summed E-state index contributed by atoms with van der Waals surface area (Å²) in [6, 6.07) is 7.74. The molecule has 1 amide bonds. The second kappa shape index (κ2) is 11.2. The summed E-state index contributed by atoms with van der Waals surface area (Å²) in [6.07, 6.45) is -3.01. The number of amides is 1. The number of rotatable bonds is 9. The summed E-state index contributed by atoms with van der Waals surface area (Å²) in [5.41, 5.74) is 0.776. The Kier molecular flexibility index (Phi) is 9.29. The van der Waals surface area contributed by atoms with E-state index in [1.807, 2.05) is 19.9 Å². The van der Waals surface area contributed by atoms with Crippen molar-refractivity contribution in [2.24, 2.45) is 5.92 Å². The van der Waals surface area contributed by atoms with Crippen LogP contribution in [0.1, 0.15) is 32.8 Å². The van der Waals surface area contributed by atoms with Gasteiger partial charge in [-0.05, 0) is 24.8 Å². The molecular weight excluding hydrogens is 354 g/mol. The van der Waals surface area contributed by atoms with Crippen LogP contribution < -0.4 is 5.32 Å². The van der Waals surface area contributed by atoms with E-state index in [1.165, 1.54) is 6.92 Å². The van der Waals surface area contributed by atoms with E-state index < -0.39 is 36.3 Å². The second-order valence-corrected chi connectivity index (χ2v) is 6.49. The molecule has 8 heteroatoms. The zero-order chi connectivity index (χ0) is 20.4. The molecular formula is C19H27NO7. The number of esters is 2. The third-order valence-corrected chi connectivity index (χ3v) is 3.68. The lowest BCUT2D eigenvalue weighted by molar-refractivity contribution is -0.164. The molecule has 27 heavy (non-hydrogen) atoms. The van der Waals surface area contributed by atoms with Gasteiger partial charge in [-0.3, -0.25) is 0 Å². The molecule has 0 saturated heterocycles. The number of nitrogens with one attached hydrogen (secondary N) is 1. The monoisotopic (exact) mass is 381 g/mol. The first-order valence-electron chi connectivity index (χ1n) is 8.68. The van der Waals surface area contributed by atoms with E-state index in [1.54, 1.807) is 24.3 Å². The smallest absolute Gasteiger partial charge is 0.408 e. The molecule has 8 nitrogen and oxygen atoms in total. The maximum Gasteiger partial charge on any atom is 0.408 e. The minimum Gasteiger partial charge on any atom is -0.467 e. The largest absolute Gasteiger partial charge is 0.467 e. The van der Waals surface area contributed by atoms with Gasteiger partial charge in [-0.25, -0.2) is 14.4 Å². The van der Waals surface area contributed by atoms with E-state index >= 15 is 0 Å². The quantitative estimate of drug-likeness (QED) is 0.495. The maximum atomic E-state index is 12.0. The van der Waals surface area contributed by atoms with Crippen molar-refractivity contribution in [3.05, 3.63) is 35.9 Å². The average molecular weight is 381 g/mol. The predicted molar refractivity (Wildman–Crippen MR) is 96.6 cm³/mol. The molecule has 0 spiro atoms. The number of hydrogen-bond donors (Lipinski definition) is 2. The first kappa shape index (κ1) is 22.4. The fourth-order valence-corrected chi connectivity index (χ4v) is 2.26. The second-order valence-electron chi connectivity index (χ2n) is 6.49.